The smallest absolute Gasteiger partial charge is 0.303 e. The van der Waals surface area contributed by atoms with Gasteiger partial charge in [0, 0.05) is 24.7 Å². The van der Waals surface area contributed by atoms with Crippen LogP contribution in [0, 0.1) is 11.8 Å². The number of carbonyl (C=O) groups excluding carboxylic acids is 1. The summed E-state index contributed by atoms with van der Waals surface area (Å²) >= 11 is 0. The Morgan fingerprint density at radius 3 is 2.68 bits per heavy atom. The molecule has 0 aromatic carbocycles. The lowest BCUT2D eigenvalue weighted by Gasteiger charge is -2.16. The van der Waals surface area contributed by atoms with Gasteiger partial charge >= 0.3 is 5.97 Å². The van der Waals surface area contributed by atoms with Gasteiger partial charge in [-0.3, -0.25) is 9.59 Å². The number of rotatable bonds is 12. The Kier molecular flexibility index (Phi) is 10.3. The number of hydrogen-bond donors (Lipinski definition) is 3. The summed E-state index contributed by atoms with van der Waals surface area (Å²) in [6.45, 7) is 2.04. The van der Waals surface area contributed by atoms with Crippen molar-refractivity contribution in [2.24, 2.45) is 11.8 Å². The first-order valence-corrected chi connectivity index (χ1v) is 9.38. The number of Topliss-reactive ketones (excluding diaryl/α,β-unsaturated/α-hetero) is 1. The van der Waals surface area contributed by atoms with Crippen LogP contribution in [0.2, 0.25) is 0 Å². The summed E-state index contributed by atoms with van der Waals surface area (Å²) in [6.07, 6.45) is 12.2. The molecule has 1 saturated carbocycles. The highest BCUT2D eigenvalue weighted by molar-refractivity contribution is 5.84. The number of aliphatic hydroxyl groups is 2. The number of ketones is 1. The van der Waals surface area contributed by atoms with Crippen LogP contribution in [0.5, 0.6) is 0 Å². The predicted octanol–water partition coefficient (Wildman–Crippen LogP) is 3.25. The summed E-state index contributed by atoms with van der Waals surface area (Å²) in [5, 5.41) is 28.4. The van der Waals surface area contributed by atoms with E-state index in [1.165, 1.54) is 0 Å². The van der Waals surface area contributed by atoms with Crippen molar-refractivity contribution in [3.8, 4) is 0 Å². The molecule has 0 aliphatic heterocycles. The van der Waals surface area contributed by atoms with Crippen molar-refractivity contribution in [2.75, 3.05) is 0 Å². The molecule has 0 heterocycles. The highest BCUT2D eigenvalue weighted by Gasteiger charge is 2.38. The van der Waals surface area contributed by atoms with Gasteiger partial charge < -0.3 is 15.3 Å². The third-order valence-corrected chi connectivity index (χ3v) is 4.70. The molecule has 0 aromatic rings. The summed E-state index contributed by atoms with van der Waals surface area (Å²) in [7, 11) is 0. The van der Waals surface area contributed by atoms with Gasteiger partial charge in [0.2, 0.25) is 0 Å². The highest BCUT2D eigenvalue weighted by Crippen LogP contribution is 2.33. The van der Waals surface area contributed by atoms with Gasteiger partial charge in [0.15, 0.2) is 0 Å². The van der Waals surface area contributed by atoms with Crippen molar-refractivity contribution in [1.82, 2.24) is 0 Å². The number of carboxylic acids is 1. The molecule has 0 spiro atoms. The third kappa shape index (κ3) is 8.45. The normalized spacial score (nSPS) is 25.2. The minimum atomic E-state index is -0.795. The van der Waals surface area contributed by atoms with Gasteiger partial charge in [0.1, 0.15) is 5.78 Å². The second kappa shape index (κ2) is 12.0. The van der Waals surface area contributed by atoms with E-state index in [0.717, 1.165) is 19.3 Å². The lowest BCUT2D eigenvalue weighted by Crippen LogP contribution is -2.18. The molecular formula is C20H32O5. The molecule has 142 valence electrons. The molecular weight excluding hydrogens is 320 g/mol. The van der Waals surface area contributed by atoms with E-state index in [1.807, 2.05) is 31.2 Å². The van der Waals surface area contributed by atoms with E-state index in [2.05, 4.69) is 0 Å². The topological polar surface area (TPSA) is 94.8 Å². The number of allylic oxidation sites excluding steroid dienone is 3. The van der Waals surface area contributed by atoms with Crippen LogP contribution in [-0.4, -0.2) is 39.3 Å². The summed E-state index contributed by atoms with van der Waals surface area (Å²) in [6, 6.07) is 0. The van der Waals surface area contributed by atoms with Crippen LogP contribution in [0.15, 0.2) is 24.3 Å². The second-order valence-electron chi connectivity index (χ2n) is 6.86. The fourth-order valence-electron chi connectivity index (χ4n) is 3.28. The molecule has 0 radical (unpaired) electrons. The molecule has 0 aromatic heterocycles. The zero-order chi connectivity index (χ0) is 18.7. The lowest BCUT2D eigenvalue weighted by molar-refractivity contribution is -0.137. The van der Waals surface area contributed by atoms with Gasteiger partial charge in [0.25, 0.3) is 0 Å². The van der Waals surface area contributed by atoms with E-state index >= 15 is 0 Å². The average Bonchev–Trinajstić information content (AvgIpc) is 2.81. The maximum absolute atomic E-state index is 12.1. The molecule has 1 aliphatic rings. The predicted molar refractivity (Wildman–Crippen MR) is 97.1 cm³/mol. The van der Waals surface area contributed by atoms with Crippen molar-refractivity contribution in [2.45, 2.75) is 76.9 Å². The number of carbonyl (C=O) groups is 2. The molecule has 0 amide bonds. The average molecular weight is 352 g/mol. The van der Waals surface area contributed by atoms with E-state index in [0.29, 0.717) is 25.7 Å². The van der Waals surface area contributed by atoms with Gasteiger partial charge in [-0.15, -0.1) is 0 Å². The van der Waals surface area contributed by atoms with Gasteiger partial charge in [-0.05, 0) is 38.5 Å². The van der Waals surface area contributed by atoms with Crippen LogP contribution in [0.3, 0.4) is 0 Å². The standard InChI is InChI=1S/C20H32O5/c1-2-9-15(21)10-7-8-12-17-16(18(22)14-19(17)23)11-5-3-4-6-13-20(24)25/h3,5,8,12,15-17,19,21,23H,2,4,6-7,9-11,13-14H2,1H3,(H,24,25)/t15-,16+,17+,19-/m0/s1. The Bertz CT molecular complexity index is 469. The largest absolute Gasteiger partial charge is 0.481 e. The third-order valence-electron chi connectivity index (χ3n) is 4.70. The summed E-state index contributed by atoms with van der Waals surface area (Å²) in [5.41, 5.74) is 0. The Morgan fingerprint density at radius 1 is 1.24 bits per heavy atom. The fourth-order valence-corrected chi connectivity index (χ4v) is 3.28. The van der Waals surface area contributed by atoms with Crippen molar-refractivity contribution in [3.05, 3.63) is 24.3 Å². The van der Waals surface area contributed by atoms with E-state index in [-0.39, 0.29) is 36.6 Å². The maximum atomic E-state index is 12.1. The first-order valence-electron chi connectivity index (χ1n) is 9.38. The monoisotopic (exact) mass is 352 g/mol. The van der Waals surface area contributed by atoms with Crippen LogP contribution < -0.4 is 0 Å². The molecule has 0 unspecified atom stereocenters. The first-order chi connectivity index (χ1) is 12.0. The van der Waals surface area contributed by atoms with Crippen LogP contribution in [0.25, 0.3) is 0 Å². The molecule has 5 nitrogen and oxygen atoms in total. The molecule has 0 bridgehead atoms. The maximum Gasteiger partial charge on any atom is 0.303 e. The van der Waals surface area contributed by atoms with Gasteiger partial charge in [-0.1, -0.05) is 37.6 Å². The zero-order valence-electron chi connectivity index (χ0n) is 15.1. The zero-order valence-corrected chi connectivity index (χ0v) is 15.1. The second-order valence-corrected chi connectivity index (χ2v) is 6.86. The molecule has 0 saturated heterocycles. The highest BCUT2D eigenvalue weighted by atomic mass is 16.4. The quantitative estimate of drug-likeness (QED) is 0.370. The number of aliphatic carboxylic acids is 1. The lowest BCUT2D eigenvalue weighted by atomic mass is 9.90. The molecule has 1 aliphatic carbocycles. The molecule has 5 heteroatoms. The van der Waals surface area contributed by atoms with Crippen LogP contribution in [-0.2, 0) is 9.59 Å². The summed E-state index contributed by atoms with van der Waals surface area (Å²) in [4.78, 5) is 22.5. The molecule has 25 heavy (non-hydrogen) atoms. The molecule has 1 fully saturated rings. The van der Waals surface area contributed by atoms with Crippen molar-refractivity contribution in [3.63, 3.8) is 0 Å². The van der Waals surface area contributed by atoms with Gasteiger partial charge in [0.05, 0.1) is 12.2 Å². The van der Waals surface area contributed by atoms with Crippen molar-refractivity contribution < 1.29 is 24.9 Å². The number of hydrogen-bond acceptors (Lipinski definition) is 4. The molecule has 3 N–H and O–H groups in total. The molecule has 4 atom stereocenters. The summed E-state index contributed by atoms with van der Waals surface area (Å²) in [5.74, 6) is -1.08. The Morgan fingerprint density at radius 2 is 2.00 bits per heavy atom. The van der Waals surface area contributed by atoms with E-state index < -0.39 is 12.1 Å². The van der Waals surface area contributed by atoms with Crippen molar-refractivity contribution >= 4 is 11.8 Å². The van der Waals surface area contributed by atoms with Gasteiger partial charge in [-0.2, -0.15) is 0 Å². The summed E-state index contributed by atoms with van der Waals surface area (Å²) < 4.78 is 0. The van der Waals surface area contributed by atoms with E-state index in [4.69, 9.17) is 5.11 Å². The van der Waals surface area contributed by atoms with E-state index in [9.17, 15) is 19.8 Å². The van der Waals surface area contributed by atoms with E-state index in [1.54, 1.807) is 0 Å². The van der Waals surface area contributed by atoms with Crippen molar-refractivity contribution in [1.29, 1.82) is 0 Å². The Balaban J connectivity index is 2.43. The Labute approximate surface area is 150 Å². The SMILES string of the molecule is CCC[C@H](O)CCC=C[C@H]1[C@@H](O)CC(=O)[C@@H]1CC=CCCCC(=O)O. The number of unbranched alkanes of at least 4 members (excludes halogenated alkanes) is 1. The molecule has 1 rings (SSSR count). The number of carboxylic acid groups (broad SMARTS) is 1. The van der Waals surface area contributed by atoms with Crippen LogP contribution in [0.1, 0.15) is 64.7 Å². The van der Waals surface area contributed by atoms with Crippen LogP contribution >= 0.6 is 0 Å². The minimum absolute atomic E-state index is 0.0864. The number of aliphatic hydroxyl groups excluding tert-OH is 2. The minimum Gasteiger partial charge on any atom is -0.481 e. The van der Waals surface area contributed by atoms with Crippen LogP contribution in [0.4, 0.5) is 0 Å². The Hall–Kier alpha value is -1.46. The van der Waals surface area contributed by atoms with Gasteiger partial charge in [-0.25, -0.2) is 0 Å². The fraction of sp³-hybridized carbons (Fsp3) is 0.700. The first kappa shape index (κ1) is 21.6.